The van der Waals surface area contributed by atoms with Crippen LogP contribution in [0.15, 0.2) is 35.0 Å². The number of nitrogens with one attached hydrogen (secondary N) is 3. The predicted octanol–water partition coefficient (Wildman–Crippen LogP) is 3.49. The van der Waals surface area contributed by atoms with Crippen molar-refractivity contribution in [2.75, 3.05) is 24.7 Å². The number of rotatable bonds is 4. The number of hydrogen-bond acceptors (Lipinski definition) is 7. The van der Waals surface area contributed by atoms with Crippen molar-refractivity contribution in [3.05, 3.63) is 46.7 Å². The van der Waals surface area contributed by atoms with E-state index in [-0.39, 0.29) is 11.7 Å². The number of fused-ring (bicyclic) bond motifs is 2. The fourth-order valence-electron chi connectivity index (χ4n) is 3.71. The largest absolute Gasteiger partial charge is 0.493 e. The standard InChI is InChI=1S/C20H17ClN6O3/c1-29-18-10(21)3-2-4-12(18)26-15-13-11(6-8-24-20(13)28)25-14(15)9-5-7-23-16-17(9)30-27-19(16)22/h2-5,7,25-26H,6,8H2,1H3,(H2,22,27)(H,24,28). The third-order valence-electron chi connectivity index (χ3n) is 5.05. The van der Waals surface area contributed by atoms with E-state index >= 15 is 0 Å². The van der Waals surface area contributed by atoms with E-state index in [1.165, 1.54) is 7.11 Å². The van der Waals surface area contributed by atoms with Crippen LogP contribution in [0.1, 0.15) is 16.1 Å². The zero-order valence-corrected chi connectivity index (χ0v) is 16.6. The number of benzene rings is 1. The summed E-state index contributed by atoms with van der Waals surface area (Å²) in [4.78, 5) is 20.3. The number of nitrogen functional groups attached to an aromatic ring is 1. The van der Waals surface area contributed by atoms with Gasteiger partial charge in [-0.3, -0.25) is 4.79 Å². The lowest BCUT2D eigenvalue weighted by Crippen LogP contribution is -2.31. The Morgan fingerprint density at radius 2 is 2.20 bits per heavy atom. The summed E-state index contributed by atoms with van der Waals surface area (Å²) in [5.74, 6) is 0.497. The highest BCUT2D eigenvalue weighted by atomic mass is 35.5. The molecule has 0 saturated carbocycles. The first-order valence-electron chi connectivity index (χ1n) is 9.21. The van der Waals surface area contributed by atoms with Crippen molar-refractivity contribution in [1.82, 2.24) is 20.4 Å². The molecule has 0 spiro atoms. The monoisotopic (exact) mass is 424 g/mol. The number of anilines is 3. The van der Waals surface area contributed by atoms with Crippen LogP contribution in [0.2, 0.25) is 5.02 Å². The summed E-state index contributed by atoms with van der Waals surface area (Å²) < 4.78 is 10.9. The Morgan fingerprint density at radius 1 is 1.33 bits per heavy atom. The lowest BCUT2D eigenvalue weighted by molar-refractivity contribution is 0.0947. The molecule has 0 radical (unpaired) electrons. The number of aromatic nitrogens is 3. The number of methoxy groups -OCH3 is 1. The molecule has 3 aromatic heterocycles. The second-order valence-corrected chi connectivity index (χ2v) is 7.19. The molecule has 0 bridgehead atoms. The van der Waals surface area contributed by atoms with Gasteiger partial charge in [-0.25, -0.2) is 4.98 Å². The Bertz CT molecular complexity index is 1300. The smallest absolute Gasteiger partial charge is 0.255 e. The van der Waals surface area contributed by atoms with Crippen LogP contribution in [0, 0.1) is 0 Å². The molecule has 30 heavy (non-hydrogen) atoms. The van der Waals surface area contributed by atoms with Gasteiger partial charge in [0.2, 0.25) is 0 Å². The summed E-state index contributed by atoms with van der Waals surface area (Å²) in [6.07, 6.45) is 2.28. The molecule has 1 amide bonds. The normalized spacial score (nSPS) is 13.2. The minimum absolute atomic E-state index is 0.176. The van der Waals surface area contributed by atoms with Gasteiger partial charge in [0.25, 0.3) is 5.91 Å². The number of para-hydroxylation sites is 1. The summed E-state index contributed by atoms with van der Waals surface area (Å²) in [5.41, 5.74) is 10.6. The second kappa shape index (κ2) is 6.96. The Labute approximate surface area is 175 Å². The number of amides is 1. The van der Waals surface area contributed by atoms with Gasteiger partial charge in [0.05, 0.1) is 34.8 Å². The Kier molecular flexibility index (Phi) is 4.25. The van der Waals surface area contributed by atoms with Crippen LogP contribution >= 0.6 is 11.6 Å². The van der Waals surface area contributed by atoms with Crippen molar-refractivity contribution in [3.8, 4) is 17.0 Å². The number of hydrogen-bond donors (Lipinski definition) is 4. The van der Waals surface area contributed by atoms with Gasteiger partial charge in [0, 0.05) is 30.4 Å². The maximum absolute atomic E-state index is 12.7. The van der Waals surface area contributed by atoms with E-state index in [0.29, 0.717) is 63.0 Å². The van der Waals surface area contributed by atoms with Gasteiger partial charge in [-0.2, -0.15) is 0 Å². The van der Waals surface area contributed by atoms with Gasteiger partial charge in [-0.15, -0.1) is 0 Å². The topological polar surface area (TPSA) is 131 Å². The van der Waals surface area contributed by atoms with Crippen molar-refractivity contribution in [2.45, 2.75) is 6.42 Å². The number of H-pyrrole nitrogens is 1. The van der Waals surface area contributed by atoms with Crippen molar-refractivity contribution in [2.24, 2.45) is 0 Å². The van der Waals surface area contributed by atoms with E-state index in [4.69, 9.17) is 26.6 Å². The molecular formula is C20H17ClN6O3. The van der Waals surface area contributed by atoms with Crippen LogP contribution in [-0.2, 0) is 6.42 Å². The molecule has 5 N–H and O–H groups in total. The molecule has 1 aliphatic rings. The summed E-state index contributed by atoms with van der Waals surface area (Å²) in [5, 5.41) is 10.5. The van der Waals surface area contributed by atoms with Crippen LogP contribution in [-0.4, -0.2) is 34.7 Å². The highest BCUT2D eigenvalue weighted by Gasteiger charge is 2.29. The SMILES string of the molecule is COc1c(Cl)cccc1Nc1c(-c2ccnc3c(N)noc23)[nH]c2c1C(=O)NCC2. The van der Waals surface area contributed by atoms with Crippen LogP contribution < -0.4 is 21.1 Å². The number of carbonyl (C=O) groups excluding carboxylic acids is 1. The zero-order valence-electron chi connectivity index (χ0n) is 15.9. The Hall–Kier alpha value is -3.72. The molecule has 152 valence electrons. The van der Waals surface area contributed by atoms with Gasteiger partial charge < -0.3 is 30.6 Å². The molecule has 0 aliphatic carbocycles. The molecule has 1 aromatic carbocycles. The molecule has 4 heterocycles. The van der Waals surface area contributed by atoms with Crippen molar-refractivity contribution in [3.63, 3.8) is 0 Å². The molecule has 9 nitrogen and oxygen atoms in total. The van der Waals surface area contributed by atoms with E-state index in [9.17, 15) is 4.79 Å². The molecule has 0 atom stereocenters. The van der Waals surface area contributed by atoms with E-state index in [1.807, 2.05) is 6.07 Å². The minimum Gasteiger partial charge on any atom is -0.493 e. The van der Waals surface area contributed by atoms with E-state index < -0.39 is 0 Å². The van der Waals surface area contributed by atoms with E-state index in [2.05, 4.69) is 25.8 Å². The zero-order chi connectivity index (χ0) is 20.8. The number of halogens is 1. The number of nitrogens with zero attached hydrogens (tertiary/aromatic N) is 2. The van der Waals surface area contributed by atoms with Crippen molar-refractivity contribution >= 4 is 45.8 Å². The number of aromatic amines is 1. The average molecular weight is 425 g/mol. The maximum Gasteiger partial charge on any atom is 0.255 e. The summed E-state index contributed by atoms with van der Waals surface area (Å²) in [7, 11) is 1.54. The lowest BCUT2D eigenvalue weighted by atomic mass is 10.0. The van der Waals surface area contributed by atoms with Gasteiger partial charge in [-0.1, -0.05) is 22.8 Å². The predicted molar refractivity (Wildman–Crippen MR) is 113 cm³/mol. The first kappa shape index (κ1) is 18.3. The highest BCUT2D eigenvalue weighted by Crippen LogP contribution is 2.42. The lowest BCUT2D eigenvalue weighted by Gasteiger charge is -2.17. The molecule has 0 saturated heterocycles. The highest BCUT2D eigenvalue weighted by molar-refractivity contribution is 6.32. The Balaban J connectivity index is 1.75. The number of nitrogens with two attached hydrogens (primary N) is 1. The molecule has 4 aromatic rings. The minimum atomic E-state index is -0.176. The maximum atomic E-state index is 12.7. The van der Waals surface area contributed by atoms with Crippen LogP contribution in [0.5, 0.6) is 5.75 Å². The van der Waals surface area contributed by atoms with Crippen LogP contribution in [0.3, 0.4) is 0 Å². The third kappa shape index (κ3) is 2.74. The fraction of sp³-hybridized carbons (Fsp3) is 0.150. The number of ether oxygens (including phenoxy) is 1. The first-order valence-corrected chi connectivity index (χ1v) is 9.59. The van der Waals surface area contributed by atoms with Crippen LogP contribution in [0.25, 0.3) is 22.4 Å². The van der Waals surface area contributed by atoms with E-state index in [0.717, 1.165) is 5.69 Å². The van der Waals surface area contributed by atoms with Gasteiger partial charge >= 0.3 is 0 Å². The average Bonchev–Trinajstić information content (AvgIpc) is 3.30. The Morgan fingerprint density at radius 3 is 3.03 bits per heavy atom. The van der Waals surface area contributed by atoms with Gasteiger partial charge in [0.1, 0.15) is 0 Å². The fourth-order valence-corrected chi connectivity index (χ4v) is 3.97. The molecule has 0 unspecified atom stereocenters. The van der Waals surface area contributed by atoms with Crippen LogP contribution in [0.4, 0.5) is 17.2 Å². The molecule has 0 fully saturated rings. The summed E-state index contributed by atoms with van der Waals surface area (Å²) in [6.45, 7) is 0.548. The van der Waals surface area contributed by atoms with Crippen molar-refractivity contribution in [1.29, 1.82) is 0 Å². The molecule has 1 aliphatic heterocycles. The van der Waals surface area contributed by atoms with Crippen molar-refractivity contribution < 1.29 is 14.1 Å². The molecular weight excluding hydrogens is 408 g/mol. The second-order valence-electron chi connectivity index (χ2n) is 6.78. The number of carbonyl (C=O) groups is 1. The number of pyridine rings is 1. The molecule has 10 heteroatoms. The first-order chi connectivity index (χ1) is 14.6. The summed E-state index contributed by atoms with van der Waals surface area (Å²) >= 11 is 6.28. The van der Waals surface area contributed by atoms with Gasteiger partial charge in [-0.05, 0) is 18.2 Å². The van der Waals surface area contributed by atoms with Gasteiger partial charge in [0.15, 0.2) is 22.7 Å². The third-order valence-corrected chi connectivity index (χ3v) is 5.35. The summed E-state index contributed by atoms with van der Waals surface area (Å²) in [6, 6.07) is 7.13. The van der Waals surface area contributed by atoms with E-state index in [1.54, 1.807) is 24.4 Å². The molecule has 5 rings (SSSR count). The quantitative estimate of drug-likeness (QED) is 0.394.